The van der Waals surface area contributed by atoms with Crippen molar-refractivity contribution in [2.75, 3.05) is 107 Å². The molecular weight excluding hydrogens is 1380 g/mol. The Kier molecular flexibility index (Phi) is 58.4. The first kappa shape index (κ1) is 98.2. The lowest BCUT2D eigenvalue weighted by Gasteiger charge is -2.19. The summed E-state index contributed by atoms with van der Waals surface area (Å²) in [5.41, 5.74) is 13.3. The summed E-state index contributed by atoms with van der Waals surface area (Å²) in [5, 5.41) is 14.4. The molecule has 2 unspecified atom stereocenters. The van der Waals surface area contributed by atoms with E-state index in [2.05, 4.69) is 82.1 Å². The number of hydrogen-bond acceptors (Lipinski definition) is 34. The van der Waals surface area contributed by atoms with E-state index in [4.69, 9.17) is 78.2 Å². The third kappa shape index (κ3) is 48.0. The van der Waals surface area contributed by atoms with E-state index < -0.39 is 6.04 Å². The molecule has 4 aromatic heterocycles. The number of esters is 8. The number of carbonyl (C=O) groups is 9. The predicted octanol–water partition coefficient (Wildman–Crippen LogP) is 5.13. The Bertz CT molecular complexity index is 2960. The lowest BCUT2D eigenvalue weighted by molar-refractivity contribution is -0.147. The first-order valence-electron chi connectivity index (χ1n) is 32.3. The number of aliphatic hydroxyl groups is 1. The number of fused-ring (bicyclic) bond motifs is 2. The van der Waals surface area contributed by atoms with E-state index in [1.165, 1.54) is 76.3 Å². The van der Waals surface area contributed by atoms with E-state index in [0.29, 0.717) is 92.8 Å². The fraction of sp³-hybridized carbons (Fsp3) is 0.672. The van der Waals surface area contributed by atoms with Gasteiger partial charge in [-0.3, -0.25) is 48.5 Å². The van der Waals surface area contributed by atoms with Gasteiger partial charge in [0.2, 0.25) is 23.7 Å². The molecule has 0 aromatic carbocycles. The molecule has 0 aliphatic heterocycles. The molecule has 4 heterocycles. The number of nitrogens with one attached hydrogen (secondary N) is 3. The quantitative estimate of drug-likeness (QED) is 0.00842. The van der Waals surface area contributed by atoms with Crippen molar-refractivity contribution in [3.05, 3.63) is 25.5 Å². The van der Waals surface area contributed by atoms with Crippen molar-refractivity contribution in [3.63, 3.8) is 0 Å². The van der Waals surface area contributed by atoms with Gasteiger partial charge in [0.25, 0.3) is 0 Å². The van der Waals surface area contributed by atoms with Crippen LogP contribution in [-0.4, -0.2) is 219 Å². The molecule has 36 nitrogen and oxygen atoms in total. The molecule has 0 fully saturated rings. The highest BCUT2D eigenvalue weighted by Crippen LogP contribution is 2.24. The van der Waals surface area contributed by atoms with Gasteiger partial charge >= 0.3 is 47.8 Å². The number of aliphatic hydroxyl groups excluding tert-OH is 1. The van der Waals surface area contributed by atoms with Crippen LogP contribution in [0.2, 0.25) is 0 Å². The molecule has 0 saturated heterocycles. The molecule has 9 atom stereocenters. The van der Waals surface area contributed by atoms with Gasteiger partial charge in [0.15, 0.2) is 29.4 Å². The third-order valence-electron chi connectivity index (χ3n) is 13.7. The summed E-state index contributed by atoms with van der Waals surface area (Å²) in [6.45, 7) is 23.3. The maximum atomic E-state index is 11.8. The second-order valence-electron chi connectivity index (χ2n) is 21.7. The summed E-state index contributed by atoms with van der Waals surface area (Å²) >= 11 is 0. The number of rotatable bonds is 39. The molecule has 8 N–H and O–H groups in total. The molecule has 0 bridgehead atoms. The molecule has 0 aliphatic carbocycles. The Hall–Kier alpha value is -7.95. The van der Waals surface area contributed by atoms with Crippen LogP contribution in [0.5, 0.6) is 11.8 Å². The van der Waals surface area contributed by atoms with Crippen LogP contribution in [0.25, 0.3) is 22.3 Å². The van der Waals surface area contributed by atoms with Crippen LogP contribution in [0.3, 0.4) is 0 Å². The number of anilines is 2. The number of nitrogens with zero attached hydrogens (tertiary/aromatic N) is 7. The van der Waals surface area contributed by atoms with Crippen molar-refractivity contribution in [1.82, 2.24) is 49.6 Å². The number of aldehydes is 1. The number of nitrogens with two attached hydrogens (primary N) is 2. The van der Waals surface area contributed by atoms with E-state index >= 15 is 0 Å². The molecular formula is C64H112N12O24P2. The minimum atomic E-state index is -0.429. The first-order chi connectivity index (χ1) is 48.4. The average Bonchev–Trinajstić information content (AvgIpc) is 1.66. The van der Waals surface area contributed by atoms with Crippen molar-refractivity contribution >= 4 is 107 Å². The molecule has 38 heteroatoms. The summed E-state index contributed by atoms with van der Waals surface area (Å²) in [4.78, 5) is 123. The summed E-state index contributed by atoms with van der Waals surface area (Å²) < 4.78 is 71.0. The summed E-state index contributed by atoms with van der Waals surface area (Å²) in [6.07, 6.45) is 10.1. The van der Waals surface area contributed by atoms with Gasteiger partial charge in [0, 0.05) is 114 Å². The smallest absolute Gasteiger partial charge is 0.323 e. The Morgan fingerprint density at radius 2 is 0.990 bits per heavy atom. The number of carbonyl (C=O) groups excluding carboxylic acids is 9. The van der Waals surface area contributed by atoms with E-state index in [1.807, 2.05) is 13.8 Å². The van der Waals surface area contributed by atoms with Crippen molar-refractivity contribution < 1.29 is 115 Å². The largest absolute Gasteiger partial charge is 0.479 e. The number of H-pyrrole nitrogens is 1. The minimum Gasteiger partial charge on any atom is -0.479 e. The number of aromatic amines is 1. The fourth-order valence-electron chi connectivity index (χ4n) is 7.58. The van der Waals surface area contributed by atoms with Crippen molar-refractivity contribution in [2.45, 2.75) is 159 Å². The summed E-state index contributed by atoms with van der Waals surface area (Å²) in [7, 11) is 13.8. The number of aromatic nitrogens is 8. The lowest BCUT2D eigenvalue weighted by atomic mass is 10.0. The van der Waals surface area contributed by atoms with Crippen LogP contribution in [0, 0.1) is 29.6 Å². The third-order valence-corrected chi connectivity index (χ3v) is 14.7. The van der Waals surface area contributed by atoms with Gasteiger partial charge in [-0.15, -0.1) is 0 Å². The second-order valence-corrected chi connectivity index (χ2v) is 22.4. The Morgan fingerprint density at radius 3 is 1.38 bits per heavy atom. The molecule has 4 rings (SSSR count). The van der Waals surface area contributed by atoms with E-state index in [1.54, 1.807) is 39.0 Å². The van der Waals surface area contributed by atoms with Crippen molar-refractivity contribution in [3.8, 4) is 11.8 Å². The normalized spacial score (nSPS) is 12.4. The van der Waals surface area contributed by atoms with Gasteiger partial charge in [-0.05, 0) is 63.7 Å². The molecule has 0 radical (unpaired) electrons. The van der Waals surface area contributed by atoms with Gasteiger partial charge in [0.1, 0.15) is 23.9 Å². The van der Waals surface area contributed by atoms with Crippen LogP contribution in [0.15, 0.2) is 25.5 Å². The first-order valence-corrected chi connectivity index (χ1v) is 33.5. The number of nitrogen functional groups attached to an aromatic ring is 2. The highest BCUT2D eigenvalue weighted by Gasteiger charge is 2.21. The van der Waals surface area contributed by atoms with E-state index in [9.17, 15) is 43.2 Å². The molecule has 0 saturated carbocycles. The average molecular weight is 1500 g/mol. The van der Waals surface area contributed by atoms with Crippen LogP contribution in [-0.2, 0) is 107 Å². The maximum absolute atomic E-state index is 11.8. The van der Waals surface area contributed by atoms with Crippen LogP contribution >= 0.6 is 18.8 Å². The lowest BCUT2D eigenvalue weighted by Crippen LogP contribution is -2.30. The molecule has 102 heavy (non-hydrogen) atoms. The zero-order chi connectivity index (χ0) is 78.1. The zero-order valence-electron chi connectivity index (χ0n) is 62.0. The van der Waals surface area contributed by atoms with Crippen LogP contribution < -0.4 is 31.1 Å². The predicted molar refractivity (Wildman–Crippen MR) is 381 cm³/mol. The molecule has 0 aliphatic rings. The number of methoxy groups -OCH3 is 6. The molecule has 582 valence electrons. The number of imidazole rings is 2. The fourth-order valence-corrected chi connectivity index (χ4v) is 7.85. The second kappa shape index (κ2) is 60.6. The topological polar surface area (TPSA) is 477 Å². The Balaban J connectivity index is -0.00000117. The van der Waals surface area contributed by atoms with Crippen molar-refractivity contribution in [2.24, 2.45) is 29.6 Å². The summed E-state index contributed by atoms with van der Waals surface area (Å²) in [5.74, 6) is -1.13. The van der Waals surface area contributed by atoms with Gasteiger partial charge in [-0.1, -0.05) is 46.1 Å². The molecule has 0 amide bonds. The van der Waals surface area contributed by atoms with Crippen LogP contribution in [0.4, 0.5) is 11.9 Å². The van der Waals surface area contributed by atoms with Crippen LogP contribution in [0.1, 0.15) is 128 Å². The van der Waals surface area contributed by atoms with Gasteiger partial charge < -0.3 is 97.2 Å². The monoisotopic (exact) mass is 1490 g/mol. The number of hydrogen-bond donors (Lipinski definition) is 6. The summed E-state index contributed by atoms with van der Waals surface area (Å²) in [6, 6.07) is -0.754. The maximum Gasteiger partial charge on any atom is 0.323 e. The minimum absolute atomic E-state index is 0.0590. The molecule has 4 aromatic rings. The number of ether oxygens (including phenoxy) is 14. The Labute approximate surface area is 601 Å². The highest BCUT2D eigenvalue weighted by atomic mass is 31.0. The standard InChI is InChI=1S/C16H25N6O5P.C11H22NO4P.C10H20O4.C9H18O5.C8H14O3.C6H7N5O.C4H6O2/c1-9(21-28)15(24)26-5-4-11(7-27-10(2)23)6-22-8-18-12-13(22)19-16(17)20-14(12)25-3;1-4-10(7-16-9(3)13)5-6-15-11(14)8(2)12-17;1-5-9(7-14-8(2)11)6-10(12-3)13-4;1-7(11)14-6-8(5-10)4-9(12-2)13-3;1-3-8(4-5-9)6-11-7(2)10;1-12-5-3-4(9-2-8-3)10-6(7)11-5;1-3-6-4(2)5/h8-9,11,21H,4-7,28H2,1-3H3,(H2,17,19,20);8,10,12H,4-7,17H2,1-3H3;9-10H,5-7H2,1-4H3;8-10H,4-6H2,1-3H3;5,8H,3-4,6H2,1-2H3;2H,1H3,(H3,7,8,9,10,11);3H,1H2,2H3/t9-,11+;8-,10-;9-;2*8-;;/m00010../s1. The SMILES string of the molecule is C=COC(C)=O.CC[C@@H](CC=O)COC(C)=O.CC[C@@H](CCOC(=O)[C@H](C)NP)COC(C)=O.CC[C@H](COC(C)=O)CC(OC)OC.COC(C[C@H](CO)COC(C)=O)OC.COc1nc(N)nc2c1ncn2C[C@@H](CCOC(=O)[C@H](C)NP)COC(C)=O.COc1nc(N)nc2nc[nH]c12. The van der Waals surface area contributed by atoms with Gasteiger partial charge in [0.05, 0.1) is 79.4 Å². The van der Waals surface area contributed by atoms with E-state index in [0.717, 1.165) is 38.2 Å². The Morgan fingerprint density at radius 1 is 0.578 bits per heavy atom. The van der Waals surface area contributed by atoms with Gasteiger partial charge in [-0.25, -0.2) is 9.97 Å². The molecule has 0 spiro atoms. The van der Waals surface area contributed by atoms with E-state index in [-0.39, 0.29) is 134 Å². The van der Waals surface area contributed by atoms with Gasteiger partial charge in [-0.2, -0.15) is 19.9 Å². The zero-order valence-corrected chi connectivity index (χ0v) is 64.3. The van der Waals surface area contributed by atoms with Crippen molar-refractivity contribution in [1.29, 1.82) is 0 Å². The highest BCUT2D eigenvalue weighted by molar-refractivity contribution is 7.14.